The molecule has 0 aromatic heterocycles. The van der Waals surface area contributed by atoms with Crippen LogP contribution in [0.15, 0.2) is 12.1 Å². The van der Waals surface area contributed by atoms with E-state index in [1.165, 1.54) is 6.92 Å². The molecule has 0 saturated heterocycles. The number of carbonyl (C=O) groups is 3. The van der Waals surface area contributed by atoms with Crippen LogP contribution in [0, 0.1) is 23.4 Å². The number of esters is 1. The van der Waals surface area contributed by atoms with E-state index in [0.29, 0.717) is 12.1 Å². The Bertz CT molecular complexity index is 627. The maximum absolute atomic E-state index is 13.5. The third kappa shape index (κ3) is 4.97. The monoisotopic (exact) mass is 347 g/mol. The fraction of sp³-hybridized carbons (Fsp3) is 0.400. The topological polar surface area (TPSA) is 92.7 Å². The van der Waals surface area contributed by atoms with Crippen LogP contribution >= 0.6 is 0 Å². The predicted molar refractivity (Wildman–Crippen MR) is 75.6 cm³/mol. The van der Waals surface area contributed by atoms with Crippen LogP contribution in [-0.2, 0) is 14.3 Å². The number of carboxylic acid groups (broad SMARTS) is 1. The van der Waals surface area contributed by atoms with E-state index >= 15 is 0 Å². The Morgan fingerprint density at radius 1 is 1.21 bits per heavy atom. The van der Waals surface area contributed by atoms with Gasteiger partial charge in [-0.1, -0.05) is 6.92 Å². The molecule has 0 spiro atoms. The van der Waals surface area contributed by atoms with Crippen molar-refractivity contribution in [2.45, 2.75) is 26.3 Å². The van der Waals surface area contributed by atoms with Crippen molar-refractivity contribution in [3.63, 3.8) is 0 Å². The van der Waals surface area contributed by atoms with Gasteiger partial charge < -0.3 is 15.2 Å². The number of carboxylic acids is 1. The van der Waals surface area contributed by atoms with Crippen molar-refractivity contribution in [3.05, 3.63) is 35.1 Å². The lowest BCUT2D eigenvalue weighted by Gasteiger charge is -2.18. The van der Waals surface area contributed by atoms with Crippen molar-refractivity contribution in [1.29, 1.82) is 0 Å². The number of rotatable bonds is 7. The number of amides is 1. The third-order valence-corrected chi connectivity index (χ3v) is 3.12. The van der Waals surface area contributed by atoms with Crippen LogP contribution < -0.4 is 5.32 Å². The molecule has 0 radical (unpaired) electrons. The van der Waals surface area contributed by atoms with Crippen molar-refractivity contribution in [3.8, 4) is 0 Å². The summed E-state index contributed by atoms with van der Waals surface area (Å²) in [5.74, 6) is -8.55. The quantitative estimate of drug-likeness (QED) is 0.735. The van der Waals surface area contributed by atoms with E-state index < -0.39 is 52.8 Å². The highest BCUT2D eigenvalue weighted by atomic mass is 19.1. The average molecular weight is 347 g/mol. The SMILES string of the molecule is CCOC(=O)[C@H](C)C[C@H](NC(=O)c1c(F)cc(F)cc1F)C(=O)O. The molecule has 0 saturated carbocycles. The summed E-state index contributed by atoms with van der Waals surface area (Å²) in [6, 6.07) is -0.981. The second-order valence-electron chi connectivity index (χ2n) is 5.00. The number of benzene rings is 1. The molecular formula is C15H16F3NO5. The Hall–Kier alpha value is -2.58. The molecular weight excluding hydrogens is 331 g/mol. The molecule has 2 N–H and O–H groups in total. The fourth-order valence-electron chi connectivity index (χ4n) is 1.95. The number of hydrogen-bond acceptors (Lipinski definition) is 4. The minimum atomic E-state index is -1.58. The van der Waals surface area contributed by atoms with Gasteiger partial charge in [0.25, 0.3) is 5.91 Å². The first-order valence-electron chi connectivity index (χ1n) is 7.02. The van der Waals surface area contributed by atoms with Gasteiger partial charge in [-0.15, -0.1) is 0 Å². The van der Waals surface area contributed by atoms with E-state index in [1.807, 2.05) is 5.32 Å². The van der Waals surface area contributed by atoms with Crippen LogP contribution in [0.4, 0.5) is 13.2 Å². The van der Waals surface area contributed by atoms with E-state index in [4.69, 9.17) is 9.84 Å². The molecule has 1 amide bonds. The second kappa shape index (κ2) is 8.32. The lowest BCUT2D eigenvalue weighted by molar-refractivity contribution is -0.148. The first-order valence-corrected chi connectivity index (χ1v) is 7.02. The molecule has 0 heterocycles. The van der Waals surface area contributed by atoms with Crippen molar-refractivity contribution in [2.24, 2.45) is 5.92 Å². The van der Waals surface area contributed by atoms with Crippen LogP contribution in [0.25, 0.3) is 0 Å². The third-order valence-electron chi connectivity index (χ3n) is 3.12. The molecule has 0 unspecified atom stereocenters. The zero-order valence-electron chi connectivity index (χ0n) is 12.9. The zero-order chi connectivity index (χ0) is 18.4. The van der Waals surface area contributed by atoms with Gasteiger partial charge in [-0.05, 0) is 13.3 Å². The summed E-state index contributed by atoms with van der Waals surface area (Å²) in [5.41, 5.74) is -1.11. The summed E-state index contributed by atoms with van der Waals surface area (Å²) in [6.07, 6.45) is -0.343. The minimum Gasteiger partial charge on any atom is -0.480 e. The molecule has 6 nitrogen and oxygen atoms in total. The maximum Gasteiger partial charge on any atom is 0.326 e. The summed E-state index contributed by atoms with van der Waals surface area (Å²) in [7, 11) is 0. The number of ether oxygens (including phenoxy) is 1. The maximum atomic E-state index is 13.5. The number of carbonyl (C=O) groups excluding carboxylic acids is 2. The highest BCUT2D eigenvalue weighted by Gasteiger charge is 2.29. The Morgan fingerprint density at radius 3 is 2.21 bits per heavy atom. The smallest absolute Gasteiger partial charge is 0.326 e. The second-order valence-corrected chi connectivity index (χ2v) is 5.00. The van der Waals surface area contributed by atoms with Crippen LogP contribution in [0.3, 0.4) is 0 Å². The van der Waals surface area contributed by atoms with Crippen LogP contribution in [0.2, 0.25) is 0 Å². The lowest BCUT2D eigenvalue weighted by atomic mass is 10.0. The molecule has 24 heavy (non-hydrogen) atoms. The average Bonchev–Trinajstić information content (AvgIpc) is 2.45. The van der Waals surface area contributed by atoms with E-state index in [-0.39, 0.29) is 13.0 Å². The van der Waals surface area contributed by atoms with Gasteiger partial charge in [0.1, 0.15) is 29.1 Å². The van der Waals surface area contributed by atoms with E-state index in [2.05, 4.69) is 0 Å². The Morgan fingerprint density at radius 2 is 1.75 bits per heavy atom. The molecule has 1 rings (SSSR count). The molecule has 0 aliphatic rings. The largest absolute Gasteiger partial charge is 0.480 e. The van der Waals surface area contributed by atoms with Crippen molar-refractivity contribution < 1.29 is 37.4 Å². The summed E-state index contributed by atoms with van der Waals surface area (Å²) in [4.78, 5) is 34.6. The molecule has 1 aromatic rings. The molecule has 0 aliphatic carbocycles. The summed E-state index contributed by atoms with van der Waals surface area (Å²) < 4.78 is 44.6. The standard InChI is InChI=1S/C15H16F3NO5/c1-3-24-15(23)7(2)4-11(14(21)22)19-13(20)12-9(17)5-8(16)6-10(12)18/h5-7,11H,3-4H2,1-2H3,(H,19,20)(H,21,22)/t7-,11+/m1/s1. The van der Waals surface area contributed by atoms with Gasteiger partial charge in [-0.25, -0.2) is 18.0 Å². The number of aliphatic carboxylic acids is 1. The normalized spacial score (nSPS) is 13.0. The van der Waals surface area contributed by atoms with Crippen molar-refractivity contribution in [1.82, 2.24) is 5.32 Å². The van der Waals surface area contributed by atoms with Crippen molar-refractivity contribution >= 4 is 17.8 Å². The fourth-order valence-corrected chi connectivity index (χ4v) is 1.95. The molecule has 9 heteroatoms. The zero-order valence-corrected chi connectivity index (χ0v) is 12.9. The number of hydrogen-bond donors (Lipinski definition) is 2. The van der Waals surface area contributed by atoms with Gasteiger partial charge >= 0.3 is 11.9 Å². The van der Waals surface area contributed by atoms with Crippen molar-refractivity contribution in [2.75, 3.05) is 6.61 Å². The van der Waals surface area contributed by atoms with Gasteiger partial charge in [0.15, 0.2) is 0 Å². The Labute approximate surface area is 135 Å². The molecule has 0 fully saturated rings. The van der Waals surface area contributed by atoms with Gasteiger partial charge in [0, 0.05) is 12.1 Å². The highest BCUT2D eigenvalue weighted by Crippen LogP contribution is 2.16. The molecule has 0 bridgehead atoms. The molecule has 132 valence electrons. The van der Waals surface area contributed by atoms with E-state index in [9.17, 15) is 27.6 Å². The first kappa shape index (κ1) is 19.5. The number of halogens is 3. The summed E-state index contributed by atoms with van der Waals surface area (Å²) >= 11 is 0. The highest BCUT2D eigenvalue weighted by molar-refractivity contribution is 5.97. The Balaban J connectivity index is 2.92. The lowest BCUT2D eigenvalue weighted by Crippen LogP contribution is -2.43. The predicted octanol–water partition coefficient (Wildman–Crippen LogP) is 1.88. The van der Waals surface area contributed by atoms with E-state index in [1.54, 1.807) is 6.92 Å². The van der Waals surface area contributed by atoms with Gasteiger partial charge in [-0.3, -0.25) is 9.59 Å². The molecule has 2 atom stereocenters. The van der Waals surface area contributed by atoms with Crippen LogP contribution in [0.1, 0.15) is 30.6 Å². The Kier molecular flexibility index (Phi) is 6.75. The van der Waals surface area contributed by atoms with Gasteiger partial charge in [0.05, 0.1) is 12.5 Å². The summed E-state index contributed by atoms with van der Waals surface area (Å²) in [5, 5.41) is 11.0. The van der Waals surface area contributed by atoms with E-state index in [0.717, 1.165) is 0 Å². The van der Waals surface area contributed by atoms with Gasteiger partial charge in [0.2, 0.25) is 0 Å². The molecule has 1 aromatic carbocycles. The summed E-state index contributed by atoms with van der Waals surface area (Å²) in [6.45, 7) is 3.06. The molecule has 0 aliphatic heterocycles. The minimum absolute atomic E-state index is 0.0965. The number of nitrogens with one attached hydrogen (secondary N) is 1. The van der Waals surface area contributed by atoms with Crippen LogP contribution in [-0.4, -0.2) is 35.6 Å². The van der Waals surface area contributed by atoms with Crippen LogP contribution in [0.5, 0.6) is 0 Å². The van der Waals surface area contributed by atoms with Gasteiger partial charge in [-0.2, -0.15) is 0 Å². The first-order chi connectivity index (χ1) is 11.2.